The summed E-state index contributed by atoms with van der Waals surface area (Å²) in [5.41, 5.74) is -0.0541. The van der Waals surface area contributed by atoms with Crippen LogP contribution in [-0.4, -0.2) is 38.6 Å². The smallest absolute Gasteiger partial charge is 0.412 e. The molecule has 0 fully saturated rings. The van der Waals surface area contributed by atoms with Crippen LogP contribution in [0.1, 0.15) is 46.7 Å². The second kappa shape index (κ2) is 8.17. The third-order valence-corrected chi connectivity index (χ3v) is 4.94. The molecule has 1 N–H and O–H groups in total. The van der Waals surface area contributed by atoms with E-state index in [1.807, 2.05) is 6.92 Å². The number of nitrogens with zero attached hydrogens (tertiary/aromatic N) is 3. The van der Waals surface area contributed by atoms with Gasteiger partial charge in [0.2, 0.25) is 0 Å². The largest absolute Gasteiger partial charge is 0.494 e. The van der Waals surface area contributed by atoms with Gasteiger partial charge in [-0.25, -0.2) is 9.78 Å². The van der Waals surface area contributed by atoms with Crippen LogP contribution in [0.25, 0.3) is 0 Å². The quantitative estimate of drug-likeness (QED) is 0.729. The first kappa shape index (κ1) is 20.1. The summed E-state index contributed by atoms with van der Waals surface area (Å²) in [4.78, 5) is 15.3. The van der Waals surface area contributed by atoms with Gasteiger partial charge in [-0.15, -0.1) is 11.3 Å². The Balaban J connectivity index is 1.77. The molecule has 1 aliphatic rings. The van der Waals surface area contributed by atoms with Crippen LogP contribution in [0.3, 0.4) is 0 Å². The zero-order chi connectivity index (χ0) is 20.3. The Morgan fingerprint density at radius 1 is 1.46 bits per heavy atom. The number of aromatic nitrogens is 3. The second-order valence-corrected chi connectivity index (χ2v) is 7.24. The van der Waals surface area contributed by atoms with E-state index >= 15 is 0 Å². The summed E-state index contributed by atoms with van der Waals surface area (Å²) in [6.45, 7) is 2.47. The summed E-state index contributed by atoms with van der Waals surface area (Å²) in [5.74, 6) is -1.41. The first-order valence-corrected chi connectivity index (χ1v) is 9.46. The number of carbonyl (C=O) groups is 1. The predicted octanol–water partition coefficient (Wildman–Crippen LogP) is 4.37. The standard InChI is InChI=1S/C18H18F3N3O3S/c1-2-3-27-14-5-11(4-13(6-14)18(19,20)21)15-10-28-16(23-15)9-24-8-12(7-22-24)17(25)26/h5-8,10-11H,2-4,9H2,1H3,(H,25,26). The average Bonchev–Trinajstić information content (AvgIpc) is 3.29. The fourth-order valence-corrected chi connectivity index (χ4v) is 3.59. The van der Waals surface area contributed by atoms with Gasteiger partial charge in [-0.05, 0) is 25.0 Å². The van der Waals surface area contributed by atoms with Crippen LogP contribution in [0.2, 0.25) is 0 Å². The SMILES string of the molecule is CCCOC1=CC(c2csc(Cn3cc(C(=O)O)cn3)n2)CC(C(F)(F)F)=C1. The van der Waals surface area contributed by atoms with Crippen LogP contribution in [0.4, 0.5) is 13.2 Å². The van der Waals surface area contributed by atoms with Crippen molar-refractivity contribution in [2.24, 2.45) is 0 Å². The van der Waals surface area contributed by atoms with Crippen LogP contribution in [0.15, 0.2) is 41.3 Å². The van der Waals surface area contributed by atoms with Gasteiger partial charge in [0, 0.05) is 23.1 Å². The highest BCUT2D eigenvalue weighted by Crippen LogP contribution is 2.39. The molecule has 2 aromatic heterocycles. The lowest BCUT2D eigenvalue weighted by molar-refractivity contribution is -0.0949. The maximum Gasteiger partial charge on any atom is 0.412 e. The molecule has 0 amide bonds. The molecule has 0 saturated carbocycles. The highest BCUT2D eigenvalue weighted by molar-refractivity contribution is 7.09. The maximum absolute atomic E-state index is 13.3. The van der Waals surface area contributed by atoms with E-state index in [4.69, 9.17) is 9.84 Å². The molecule has 0 radical (unpaired) electrons. The van der Waals surface area contributed by atoms with Crippen molar-refractivity contribution in [3.63, 3.8) is 0 Å². The summed E-state index contributed by atoms with van der Waals surface area (Å²) in [5, 5.41) is 15.2. The lowest BCUT2D eigenvalue weighted by Gasteiger charge is -2.22. The summed E-state index contributed by atoms with van der Waals surface area (Å²) >= 11 is 1.29. The van der Waals surface area contributed by atoms with E-state index in [-0.39, 0.29) is 24.3 Å². The fourth-order valence-electron chi connectivity index (χ4n) is 2.74. The van der Waals surface area contributed by atoms with Crippen molar-refractivity contribution in [1.82, 2.24) is 14.8 Å². The molecule has 150 valence electrons. The van der Waals surface area contributed by atoms with Gasteiger partial charge in [-0.1, -0.05) is 6.92 Å². The normalized spacial score (nSPS) is 17.2. The van der Waals surface area contributed by atoms with Gasteiger partial charge in [0.05, 0.1) is 30.6 Å². The molecule has 0 saturated heterocycles. The number of rotatable bonds is 7. The molecule has 6 nitrogen and oxygen atoms in total. The average molecular weight is 413 g/mol. The van der Waals surface area contributed by atoms with Gasteiger partial charge in [0.15, 0.2) is 0 Å². The Hall–Kier alpha value is -2.62. The molecule has 3 rings (SSSR count). The number of alkyl halides is 3. The van der Waals surface area contributed by atoms with Crippen molar-refractivity contribution in [1.29, 1.82) is 0 Å². The van der Waals surface area contributed by atoms with Gasteiger partial charge in [-0.3, -0.25) is 4.68 Å². The van der Waals surface area contributed by atoms with Gasteiger partial charge in [0.1, 0.15) is 10.8 Å². The van der Waals surface area contributed by atoms with Crippen LogP contribution in [0.5, 0.6) is 0 Å². The second-order valence-electron chi connectivity index (χ2n) is 6.29. The van der Waals surface area contributed by atoms with Crippen LogP contribution < -0.4 is 0 Å². The number of hydrogen-bond acceptors (Lipinski definition) is 5. The summed E-state index contributed by atoms with van der Waals surface area (Å²) in [7, 11) is 0. The molecule has 2 heterocycles. The number of carboxylic acids is 1. The topological polar surface area (TPSA) is 77.2 Å². The van der Waals surface area contributed by atoms with Crippen molar-refractivity contribution in [2.75, 3.05) is 6.61 Å². The molecule has 1 unspecified atom stereocenters. The Labute approximate surface area is 163 Å². The molecule has 1 aliphatic carbocycles. The summed E-state index contributed by atoms with van der Waals surface area (Å²) < 4.78 is 46.6. The van der Waals surface area contributed by atoms with Crippen LogP contribution >= 0.6 is 11.3 Å². The van der Waals surface area contributed by atoms with E-state index in [0.29, 0.717) is 23.7 Å². The molecule has 0 bridgehead atoms. The highest BCUT2D eigenvalue weighted by Gasteiger charge is 2.37. The fraction of sp³-hybridized carbons (Fsp3) is 0.389. The molecule has 0 spiro atoms. The Kier molecular flexibility index (Phi) is 5.87. The van der Waals surface area contributed by atoms with E-state index in [1.54, 1.807) is 11.5 Å². The Bertz CT molecular complexity index is 915. The first-order valence-electron chi connectivity index (χ1n) is 8.58. The van der Waals surface area contributed by atoms with E-state index in [9.17, 15) is 18.0 Å². The molecule has 10 heteroatoms. The predicted molar refractivity (Wildman–Crippen MR) is 96.2 cm³/mol. The molecule has 1 atom stereocenters. The van der Waals surface area contributed by atoms with Crippen molar-refractivity contribution in [3.05, 3.63) is 57.5 Å². The van der Waals surface area contributed by atoms with Gasteiger partial charge < -0.3 is 9.84 Å². The van der Waals surface area contributed by atoms with E-state index in [0.717, 1.165) is 6.08 Å². The molecule has 2 aromatic rings. The van der Waals surface area contributed by atoms with E-state index in [1.165, 1.54) is 28.4 Å². The van der Waals surface area contributed by atoms with Gasteiger partial charge in [0.25, 0.3) is 0 Å². The maximum atomic E-state index is 13.3. The number of ether oxygens (including phenoxy) is 1. The minimum Gasteiger partial charge on any atom is -0.494 e. The monoisotopic (exact) mass is 413 g/mol. The van der Waals surface area contributed by atoms with Crippen molar-refractivity contribution >= 4 is 17.3 Å². The number of aromatic carboxylic acids is 1. The third kappa shape index (κ3) is 4.80. The molecule has 0 aliphatic heterocycles. The molecular formula is C18H18F3N3O3S. The van der Waals surface area contributed by atoms with Crippen molar-refractivity contribution in [3.8, 4) is 0 Å². The Morgan fingerprint density at radius 3 is 2.89 bits per heavy atom. The van der Waals surface area contributed by atoms with Crippen molar-refractivity contribution < 1.29 is 27.8 Å². The van der Waals surface area contributed by atoms with Gasteiger partial charge >= 0.3 is 12.1 Å². The molecule has 28 heavy (non-hydrogen) atoms. The minimum absolute atomic E-state index is 0.0599. The summed E-state index contributed by atoms with van der Waals surface area (Å²) in [6.07, 6.45) is 1.41. The number of carboxylic acid groups (broad SMARTS) is 1. The van der Waals surface area contributed by atoms with Crippen molar-refractivity contribution in [2.45, 2.75) is 38.4 Å². The molecular weight excluding hydrogens is 395 g/mol. The Morgan fingerprint density at radius 2 is 2.25 bits per heavy atom. The lowest BCUT2D eigenvalue weighted by Crippen LogP contribution is -2.18. The highest BCUT2D eigenvalue weighted by atomic mass is 32.1. The van der Waals surface area contributed by atoms with E-state index < -0.39 is 23.6 Å². The number of allylic oxidation sites excluding steroid dienone is 3. The lowest BCUT2D eigenvalue weighted by atomic mass is 9.91. The number of hydrogen-bond donors (Lipinski definition) is 1. The van der Waals surface area contributed by atoms with E-state index in [2.05, 4.69) is 10.1 Å². The minimum atomic E-state index is -4.42. The number of halogens is 3. The zero-order valence-electron chi connectivity index (χ0n) is 14.9. The zero-order valence-corrected chi connectivity index (χ0v) is 15.8. The number of thiazole rings is 1. The molecule has 0 aromatic carbocycles. The third-order valence-electron chi connectivity index (χ3n) is 4.09. The van der Waals surface area contributed by atoms with Crippen LogP contribution in [-0.2, 0) is 11.3 Å². The summed E-state index contributed by atoms with van der Waals surface area (Å²) in [6, 6.07) is 0. The van der Waals surface area contributed by atoms with Crippen LogP contribution in [0, 0.1) is 0 Å². The van der Waals surface area contributed by atoms with Gasteiger partial charge in [-0.2, -0.15) is 18.3 Å². The first-order chi connectivity index (χ1) is 13.3.